The van der Waals surface area contributed by atoms with E-state index in [4.69, 9.17) is 27.9 Å². The maximum absolute atomic E-state index is 12.5. The van der Waals surface area contributed by atoms with Gasteiger partial charge in [0.05, 0.1) is 5.60 Å². The zero-order valence-corrected chi connectivity index (χ0v) is 23.1. The molecular formula is C29H38Cl2N2O3. The molecule has 1 heterocycles. The zero-order chi connectivity index (χ0) is 25.9. The highest BCUT2D eigenvalue weighted by Gasteiger charge is 2.40. The molecule has 0 bridgehead atoms. The van der Waals surface area contributed by atoms with Gasteiger partial charge in [0.2, 0.25) is 0 Å². The quantitative estimate of drug-likeness (QED) is 0.450. The van der Waals surface area contributed by atoms with Crippen molar-refractivity contribution in [2.75, 3.05) is 32.7 Å². The van der Waals surface area contributed by atoms with Gasteiger partial charge in [-0.2, -0.15) is 0 Å². The number of aliphatic hydroxyl groups is 1. The van der Waals surface area contributed by atoms with Gasteiger partial charge in [0.15, 0.2) is 0 Å². The number of hydrogen-bond acceptors (Lipinski definition) is 4. The van der Waals surface area contributed by atoms with E-state index < -0.39 is 11.2 Å². The SMILES string of the molecule is CC(C)(C)OC(=O)N1CCN(CC(c2ccc(-c3cc(Cl)ccc3Cl)cc2)C2(O)CCCCC2)CC1. The van der Waals surface area contributed by atoms with Crippen LogP contribution < -0.4 is 0 Å². The summed E-state index contributed by atoms with van der Waals surface area (Å²) >= 11 is 12.6. The average molecular weight is 534 g/mol. The van der Waals surface area contributed by atoms with Gasteiger partial charge in [-0.3, -0.25) is 4.90 Å². The number of benzene rings is 2. The summed E-state index contributed by atoms with van der Waals surface area (Å²) in [6.45, 7) is 9.23. The molecule has 1 saturated carbocycles. The molecule has 2 aromatic carbocycles. The number of piperazine rings is 1. The van der Waals surface area contributed by atoms with Crippen LogP contribution in [0.25, 0.3) is 11.1 Å². The summed E-state index contributed by atoms with van der Waals surface area (Å²) in [4.78, 5) is 16.6. The van der Waals surface area contributed by atoms with Crippen LogP contribution in [0, 0.1) is 0 Å². The molecule has 1 amide bonds. The zero-order valence-electron chi connectivity index (χ0n) is 21.6. The van der Waals surface area contributed by atoms with Gasteiger partial charge < -0.3 is 14.7 Å². The number of ether oxygens (including phenoxy) is 1. The van der Waals surface area contributed by atoms with Crippen LogP contribution in [0.4, 0.5) is 4.79 Å². The molecule has 36 heavy (non-hydrogen) atoms. The van der Waals surface area contributed by atoms with E-state index in [-0.39, 0.29) is 12.0 Å². The Hall–Kier alpha value is -1.79. The fraction of sp³-hybridized carbons (Fsp3) is 0.552. The van der Waals surface area contributed by atoms with Crippen LogP contribution in [-0.4, -0.2) is 64.9 Å². The molecule has 4 rings (SSSR count). The smallest absolute Gasteiger partial charge is 0.410 e. The third-order valence-electron chi connectivity index (χ3n) is 7.39. The molecule has 2 aromatic rings. The molecule has 2 fully saturated rings. The summed E-state index contributed by atoms with van der Waals surface area (Å²) in [5, 5.41) is 13.1. The van der Waals surface area contributed by atoms with Gasteiger partial charge in [-0.15, -0.1) is 0 Å². The van der Waals surface area contributed by atoms with E-state index in [9.17, 15) is 9.90 Å². The van der Waals surface area contributed by atoms with E-state index in [0.29, 0.717) is 23.1 Å². The molecule has 1 unspecified atom stereocenters. The first-order chi connectivity index (χ1) is 17.0. The van der Waals surface area contributed by atoms with Crippen molar-refractivity contribution in [3.63, 3.8) is 0 Å². The highest BCUT2D eigenvalue weighted by atomic mass is 35.5. The molecule has 196 valence electrons. The first kappa shape index (κ1) is 27.3. The lowest BCUT2D eigenvalue weighted by Crippen LogP contribution is -2.52. The summed E-state index contributed by atoms with van der Waals surface area (Å²) in [7, 11) is 0. The third kappa shape index (κ3) is 6.74. The second-order valence-electron chi connectivity index (χ2n) is 11.2. The Morgan fingerprint density at radius 3 is 2.25 bits per heavy atom. The number of carbonyl (C=O) groups is 1. The first-order valence-electron chi connectivity index (χ1n) is 13.0. The van der Waals surface area contributed by atoms with Crippen molar-refractivity contribution in [3.8, 4) is 11.1 Å². The Labute approximate surface area is 225 Å². The van der Waals surface area contributed by atoms with Gasteiger partial charge in [0.25, 0.3) is 0 Å². The van der Waals surface area contributed by atoms with Gasteiger partial charge >= 0.3 is 6.09 Å². The van der Waals surface area contributed by atoms with Crippen molar-refractivity contribution in [1.82, 2.24) is 9.80 Å². The van der Waals surface area contributed by atoms with Crippen molar-refractivity contribution in [3.05, 3.63) is 58.1 Å². The van der Waals surface area contributed by atoms with Crippen molar-refractivity contribution in [2.24, 2.45) is 0 Å². The fourth-order valence-electron chi connectivity index (χ4n) is 5.41. The van der Waals surface area contributed by atoms with E-state index >= 15 is 0 Å². The molecule has 1 atom stereocenters. The molecule has 2 aliphatic rings. The van der Waals surface area contributed by atoms with Crippen LogP contribution >= 0.6 is 23.2 Å². The van der Waals surface area contributed by atoms with Gasteiger partial charge in [0, 0.05) is 54.3 Å². The van der Waals surface area contributed by atoms with E-state index in [1.165, 1.54) is 6.42 Å². The van der Waals surface area contributed by atoms with Crippen molar-refractivity contribution < 1.29 is 14.6 Å². The second kappa shape index (κ2) is 11.3. The van der Waals surface area contributed by atoms with Crippen LogP contribution in [-0.2, 0) is 4.74 Å². The number of halogens is 2. The maximum atomic E-state index is 12.5. The minimum atomic E-state index is -0.726. The van der Waals surface area contributed by atoms with Crippen LogP contribution in [0.15, 0.2) is 42.5 Å². The number of nitrogens with zero attached hydrogens (tertiary/aromatic N) is 2. The van der Waals surface area contributed by atoms with Crippen LogP contribution in [0.1, 0.15) is 64.4 Å². The first-order valence-corrected chi connectivity index (χ1v) is 13.8. The second-order valence-corrected chi connectivity index (χ2v) is 12.1. The molecule has 0 aromatic heterocycles. The maximum Gasteiger partial charge on any atom is 0.410 e. The Balaban J connectivity index is 1.50. The lowest BCUT2D eigenvalue weighted by molar-refractivity contribution is -0.0356. The monoisotopic (exact) mass is 532 g/mol. The van der Waals surface area contributed by atoms with Gasteiger partial charge in [0.1, 0.15) is 5.60 Å². The molecule has 0 radical (unpaired) electrons. The number of amides is 1. The molecule has 1 N–H and O–H groups in total. The van der Waals surface area contributed by atoms with Crippen LogP contribution in [0.3, 0.4) is 0 Å². The summed E-state index contributed by atoms with van der Waals surface area (Å²) in [5.41, 5.74) is 1.82. The lowest BCUT2D eigenvalue weighted by Gasteiger charge is -2.43. The minimum Gasteiger partial charge on any atom is -0.444 e. The van der Waals surface area contributed by atoms with E-state index in [1.807, 2.05) is 32.9 Å². The minimum absolute atomic E-state index is 0.00485. The summed E-state index contributed by atoms with van der Waals surface area (Å²) in [6.07, 6.45) is 4.66. The predicted octanol–water partition coefficient (Wildman–Crippen LogP) is 6.99. The van der Waals surface area contributed by atoms with Crippen LogP contribution in [0.2, 0.25) is 10.0 Å². The number of carbonyl (C=O) groups excluding carboxylic acids is 1. The molecule has 5 nitrogen and oxygen atoms in total. The number of hydrogen-bond donors (Lipinski definition) is 1. The summed E-state index contributed by atoms with van der Waals surface area (Å²) in [6, 6.07) is 13.9. The van der Waals surface area contributed by atoms with Crippen molar-refractivity contribution in [1.29, 1.82) is 0 Å². The fourth-order valence-corrected chi connectivity index (χ4v) is 5.81. The molecule has 1 aliphatic heterocycles. The molecular weight excluding hydrogens is 495 g/mol. The normalized spacial score (nSPS) is 19.7. The summed E-state index contributed by atoms with van der Waals surface area (Å²) in [5.74, 6) is -0.00485. The Bertz CT molecular complexity index is 1040. The van der Waals surface area contributed by atoms with Gasteiger partial charge in [-0.1, -0.05) is 66.7 Å². The average Bonchev–Trinajstić information content (AvgIpc) is 2.84. The largest absolute Gasteiger partial charge is 0.444 e. The van der Waals surface area contributed by atoms with Gasteiger partial charge in [-0.25, -0.2) is 4.79 Å². The summed E-state index contributed by atoms with van der Waals surface area (Å²) < 4.78 is 5.55. The van der Waals surface area contributed by atoms with E-state index in [0.717, 1.165) is 62.0 Å². The van der Waals surface area contributed by atoms with E-state index in [2.05, 4.69) is 29.2 Å². The highest BCUT2D eigenvalue weighted by molar-refractivity contribution is 6.35. The molecule has 1 aliphatic carbocycles. The highest BCUT2D eigenvalue weighted by Crippen LogP contribution is 2.41. The molecule has 1 saturated heterocycles. The number of rotatable bonds is 5. The van der Waals surface area contributed by atoms with Crippen molar-refractivity contribution >= 4 is 29.3 Å². The molecule has 0 spiro atoms. The lowest BCUT2D eigenvalue weighted by atomic mass is 9.72. The Kier molecular flexibility index (Phi) is 8.56. The molecule has 7 heteroatoms. The Morgan fingerprint density at radius 2 is 1.64 bits per heavy atom. The topological polar surface area (TPSA) is 53.0 Å². The predicted molar refractivity (Wildman–Crippen MR) is 147 cm³/mol. The third-order valence-corrected chi connectivity index (χ3v) is 7.95. The standard InChI is InChI=1S/C29H38Cl2N2O3/c1-28(2,3)36-27(34)33-17-15-32(16-18-33)20-25(29(35)13-5-4-6-14-29)22-9-7-21(8-10-22)24-19-23(30)11-12-26(24)31/h7-12,19,25,35H,4-6,13-18,20H2,1-3H3. The van der Waals surface area contributed by atoms with Crippen LogP contribution in [0.5, 0.6) is 0 Å². The van der Waals surface area contributed by atoms with Gasteiger partial charge in [-0.05, 0) is 62.9 Å². The van der Waals surface area contributed by atoms with E-state index in [1.54, 1.807) is 11.0 Å². The Morgan fingerprint density at radius 1 is 1.00 bits per heavy atom. The van der Waals surface area contributed by atoms with Crippen molar-refractivity contribution in [2.45, 2.75) is 70.0 Å².